The van der Waals surface area contributed by atoms with Gasteiger partial charge in [-0.1, -0.05) is 25.1 Å². The number of ether oxygens (including phenoxy) is 1. The van der Waals surface area contributed by atoms with E-state index in [0.717, 1.165) is 36.3 Å². The van der Waals surface area contributed by atoms with Crippen LogP contribution in [0.15, 0.2) is 47.6 Å². The largest absolute Gasteiger partial charge is 0.494 e. The standard InChI is InChI=1S/C21H22F2N4O2S/c1-3-4-11-29-16-8-5-14(6-9-16)20-25-26-21(27(20)2)30-13-19(28)24-18-10-7-15(22)12-17(18)23/h5-10,12H,3-4,11,13H2,1-2H3,(H,24,28). The van der Waals surface area contributed by atoms with Crippen molar-refractivity contribution in [2.24, 2.45) is 7.05 Å². The Balaban J connectivity index is 1.59. The van der Waals surface area contributed by atoms with Gasteiger partial charge in [0.1, 0.15) is 17.4 Å². The Morgan fingerprint density at radius 1 is 1.17 bits per heavy atom. The number of aromatic nitrogens is 3. The number of carbonyl (C=O) groups is 1. The van der Waals surface area contributed by atoms with Crippen LogP contribution in [0.25, 0.3) is 11.4 Å². The molecule has 1 N–H and O–H groups in total. The Bertz CT molecular complexity index is 1010. The second-order valence-electron chi connectivity index (χ2n) is 6.55. The Hall–Kier alpha value is -2.94. The third-order valence-corrected chi connectivity index (χ3v) is 5.27. The molecule has 0 spiro atoms. The fraction of sp³-hybridized carbons (Fsp3) is 0.286. The van der Waals surface area contributed by atoms with E-state index < -0.39 is 17.5 Å². The van der Waals surface area contributed by atoms with E-state index in [2.05, 4.69) is 22.4 Å². The van der Waals surface area contributed by atoms with Crippen molar-refractivity contribution in [2.45, 2.75) is 24.9 Å². The average Bonchev–Trinajstić information content (AvgIpc) is 3.10. The summed E-state index contributed by atoms with van der Waals surface area (Å²) in [7, 11) is 1.81. The third kappa shape index (κ3) is 5.56. The molecular weight excluding hydrogens is 410 g/mol. The van der Waals surface area contributed by atoms with Gasteiger partial charge in [-0.05, 0) is 42.8 Å². The molecule has 158 valence electrons. The van der Waals surface area contributed by atoms with Crippen molar-refractivity contribution < 1.29 is 18.3 Å². The molecule has 9 heteroatoms. The first-order valence-electron chi connectivity index (χ1n) is 9.48. The Labute approximate surface area is 177 Å². The highest BCUT2D eigenvalue weighted by atomic mass is 32.2. The molecule has 2 aromatic carbocycles. The van der Waals surface area contributed by atoms with Gasteiger partial charge in [-0.25, -0.2) is 8.78 Å². The van der Waals surface area contributed by atoms with Gasteiger partial charge in [0.2, 0.25) is 5.91 Å². The number of nitrogens with zero attached hydrogens (tertiary/aromatic N) is 3. The fourth-order valence-electron chi connectivity index (χ4n) is 2.63. The van der Waals surface area contributed by atoms with Gasteiger partial charge in [-0.3, -0.25) is 4.79 Å². The first-order chi connectivity index (χ1) is 14.5. The number of halogens is 2. The lowest BCUT2D eigenvalue weighted by Gasteiger charge is -2.08. The minimum atomic E-state index is -0.823. The number of unbranched alkanes of at least 4 members (excludes halogenated alkanes) is 1. The van der Waals surface area contributed by atoms with Gasteiger partial charge in [-0.15, -0.1) is 10.2 Å². The van der Waals surface area contributed by atoms with Crippen LogP contribution in [0, 0.1) is 11.6 Å². The summed E-state index contributed by atoms with van der Waals surface area (Å²) in [5.41, 5.74) is 0.805. The lowest BCUT2D eigenvalue weighted by atomic mass is 10.2. The molecule has 0 saturated heterocycles. The normalized spacial score (nSPS) is 10.8. The van der Waals surface area contributed by atoms with E-state index in [1.54, 1.807) is 11.6 Å². The van der Waals surface area contributed by atoms with Crippen molar-refractivity contribution in [3.8, 4) is 17.1 Å². The summed E-state index contributed by atoms with van der Waals surface area (Å²) in [6.07, 6.45) is 2.08. The molecular formula is C21H22F2N4O2S. The van der Waals surface area contributed by atoms with Gasteiger partial charge in [0.15, 0.2) is 11.0 Å². The van der Waals surface area contributed by atoms with Crippen LogP contribution < -0.4 is 10.1 Å². The van der Waals surface area contributed by atoms with E-state index >= 15 is 0 Å². The van der Waals surface area contributed by atoms with Crippen LogP contribution in [0.4, 0.5) is 14.5 Å². The molecule has 0 bridgehead atoms. The van der Waals surface area contributed by atoms with Crippen molar-refractivity contribution >= 4 is 23.4 Å². The molecule has 0 aliphatic heterocycles. The number of amides is 1. The molecule has 1 amide bonds. The Morgan fingerprint density at radius 2 is 1.93 bits per heavy atom. The van der Waals surface area contributed by atoms with E-state index in [-0.39, 0.29) is 11.4 Å². The van der Waals surface area contributed by atoms with Crippen molar-refractivity contribution in [3.05, 3.63) is 54.1 Å². The van der Waals surface area contributed by atoms with Crippen molar-refractivity contribution in [3.63, 3.8) is 0 Å². The van der Waals surface area contributed by atoms with Crippen LogP contribution in [-0.2, 0) is 11.8 Å². The molecule has 0 unspecified atom stereocenters. The van der Waals surface area contributed by atoms with Gasteiger partial charge >= 0.3 is 0 Å². The van der Waals surface area contributed by atoms with E-state index in [9.17, 15) is 13.6 Å². The minimum absolute atomic E-state index is 0.00694. The second-order valence-corrected chi connectivity index (χ2v) is 7.50. The molecule has 3 rings (SSSR count). The molecule has 1 aromatic heterocycles. The number of hydrogen-bond acceptors (Lipinski definition) is 5. The van der Waals surface area contributed by atoms with Gasteiger partial charge in [-0.2, -0.15) is 0 Å². The lowest BCUT2D eigenvalue weighted by molar-refractivity contribution is -0.113. The van der Waals surface area contributed by atoms with Crippen LogP contribution in [-0.4, -0.2) is 33.0 Å². The highest BCUT2D eigenvalue weighted by Crippen LogP contribution is 2.25. The zero-order valence-electron chi connectivity index (χ0n) is 16.7. The van der Waals surface area contributed by atoms with E-state index in [1.165, 1.54) is 17.8 Å². The molecule has 0 atom stereocenters. The molecule has 6 nitrogen and oxygen atoms in total. The van der Waals surface area contributed by atoms with Crippen LogP contribution in [0.2, 0.25) is 0 Å². The average molecular weight is 432 g/mol. The van der Waals surface area contributed by atoms with Crippen LogP contribution >= 0.6 is 11.8 Å². The van der Waals surface area contributed by atoms with Crippen LogP contribution in [0.3, 0.4) is 0 Å². The number of anilines is 1. The maximum absolute atomic E-state index is 13.6. The van der Waals surface area contributed by atoms with Crippen molar-refractivity contribution in [1.29, 1.82) is 0 Å². The molecule has 0 saturated carbocycles. The zero-order chi connectivity index (χ0) is 21.5. The molecule has 0 radical (unpaired) electrons. The predicted molar refractivity (Wildman–Crippen MR) is 113 cm³/mol. The first-order valence-corrected chi connectivity index (χ1v) is 10.5. The van der Waals surface area contributed by atoms with Crippen LogP contribution in [0.1, 0.15) is 19.8 Å². The summed E-state index contributed by atoms with van der Waals surface area (Å²) in [6.45, 7) is 2.80. The number of carbonyl (C=O) groups excluding carboxylic acids is 1. The molecule has 0 aliphatic carbocycles. The number of benzene rings is 2. The quantitative estimate of drug-likeness (QED) is 0.393. The van der Waals surface area contributed by atoms with Gasteiger partial charge < -0.3 is 14.6 Å². The number of nitrogens with one attached hydrogen (secondary N) is 1. The number of rotatable bonds is 9. The Kier molecular flexibility index (Phi) is 7.40. The summed E-state index contributed by atoms with van der Waals surface area (Å²) in [5.74, 6) is -0.490. The predicted octanol–water partition coefficient (Wildman–Crippen LogP) is 4.67. The second kappa shape index (κ2) is 10.2. The van der Waals surface area contributed by atoms with Crippen molar-refractivity contribution in [2.75, 3.05) is 17.7 Å². The molecule has 1 heterocycles. The zero-order valence-corrected chi connectivity index (χ0v) is 17.5. The Morgan fingerprint density at radius 3 is 2.63 bits per heavy atom. The summed E-state index contributed by atoms with van der Waals surface area (Å²) in [4.78, 5) is 12.1. The summed E-state index contributed by atoms with van der Waals surface area (Å²) >= 11 is 1.17. The number of hydrogen-bond donors (Lipinski definition) is 1. The maximum atomic E-state index is 13.6. The van der Waals surface area contributed by atoms with Gasteiger partial charge in [0, 0.05) is 18.7 Å². The topological polar surface area (TPSA) is 69.0 Å². The van der Waals surface area contributed by atoms with E-state index in [1.807, 2.05) is 24.3 Å². The first kappa shape index (κ1) is 21.8. The van der Waals surface area contributed by atoms with Gasteiger partial charge in [0.25, 0.3) is 0 Å². The summed E-state index contributed by atoms with van der Waals surface area (Å²) < 4.78 is 34.0. The SMILES string of the molecule is CCCCOc1ccc(-c2nnc(SCC(=O)Nc3ccc(F)cc3F)n2C)cc1. The molecule has 0 aliphatic rings. The van der Waals surface area contributed by atoms with Crippen molar-refractivity contribution in [1.82, 2.24) is 14.8 Å². The molecule has 3 aromatic rings. The monoisotopic (exact) mass is 432 g/mol. The molecule has 30 heavy (non-hydrogen) atoms. The van der Waals surface area contributed by atoms with Crippen LogP contribution in [0.5, 0.6) is 5.75 Å². The number of thioether (sulfide) groups is 1. The fourth-order valence-corrected chi connectivity index (χ4v) is 3.34. The lowest BCUT2D eigenvalue weighted by Crippen LogP contribution is -2.15. The summed E-state index contributed by atoms with van der Waals surface area (Å²) in [6, 6.07) is 10.6. The molecule has 0 fully saturated rings. The smallest absolute Gasteiger partial charge is 0.234 e. The minimum Gasteiger partial charge on any atom is -0.494 e. The third-order valence-electron chi connectivity index (χ3n) is 4.25. The van der Waals surface area contributed by atoms with E-state index in [0.29, 0.717) is 17.6 Å². The highest BCUT2D eigenvalue weighted by molar-refractivity contribution is 7.99. The summed E-state index contributed by atoms with van der Waals surface area (Å²) in [5, 5.41) is 11.3. The van der Waals surface area contributed by atoms with Gasteiger partial charge in [0.05, 0.1) is 18.0 Å². The van der Waals surface area contributed by atoms with E-state index in [4.69, 9.17) is 4.74 Å². The maximum Gasteiger partial charge on any atom is 0.234 e. The highest BCUT2D eigenvalue weighted by Gasteiger charge is 2.14.